The van der Waals surface area contributed by atoms with E-state index in [0.717, 1.165) is 8.95 Å². The molecule has 3 heterocycles. The highest BCUT2D eigenvalue weighted by Crippen LogP contribution is 2.27. The summed E-state index contributed by atoms with van der Waals surface area (Å²) in [5.41, 5.74) is 5.97. The average molecular weight is 387 g/mol. The predicted octanol–water partition coefficient (Wildman–Crippen LogP) is 2.02. The highest BCUT2D eigenvalue weighted by molar-refractivity contribution is 9.11. The normalized spacial score (nSPS) is 10.8. The number of H-pyrrole nitrogens is 1. The Morgan fingerprint density at radius 3 is 2.79 bits per heavy atom. The van der Waals surface area contributed by atoms with E-state index >= 15 is 0 Å². The summed E-state index contributed by atoms with van der Waals surface area (Å²) in [6.45, 7) is 0. The second kappa shape index (κ2) is 4.70. The molecule has 0 atom stereocenters. The number of pyridine rings is 1. The van der Waals surface area contributed by atoms with E-state index in [1.54, 1.807) is 6.20 Å². The van der Waals surface area contributed by atoms with E-state index in [4.69, 9.17) is 10.3 Å². The topological polar surface area (TPSA) is 119 Å². The smallest absolute Gasteiger partial charge is 0.295 e. The molecule has 0 saturated carbocycles. The summed E-state index contributed by atoms with van der Waals surface area (Å²) in [6.07, 6.45) is 1.64. The van der Waals surface area contributed by atoms with Gasteiger partial charge in [0.15, 0.2) is 0 Å². The highest BCUT2D eigenvalue weighted by Gasteiger charge is 2.16. The quantitative estimate of drug-likeness (QED) is 0.691. The van der Waals surface area contributed by atoms with Gasteiger partial charge in [0.2, 0.25) is 17.6 Å². The van der Waals surface area contributed by atoms with Crippen molar-refractivity contribution in [1.29, 1.82) is 0 Å². The van der Waals surface area contributed by atoms with E-state index in [9.17, 15) is 0 Å². The third-order valence-corrected chi connectivity index (χ3v) is 3.19. The summed E-state index contributed by atoms with van der Waals surface area (Å²) < 4.78 is 6.67. The minimum absolute atomic E-state index is 0.109. The zero-order valence-electron chi connectivity index (χ0n) is 9.13. The van der Waals surface area contributed by atoms with Crippen molar-refractivity contribution in [2.45, 2.75) is 0 Å². The fourth-order valence-electron chi connectivity index (χ4n) is 1.37. The lowest BCUT2D eigenvalue weighted by atomic mass is 10.3. The van der Waals surface area contributed by atoms with Crippen LogP contribution in [0.4, 0.5) is 5.95 Å². The van der Waals surface area contributed by atoms with Gasteiger partial charge in [-0.15, -0.1) is 5.10 Å². The lowest BCUT2D eigenvalue weighted by molar-refractivity contribution is 0.429. The number of nitrogens with one attached hydrogen (secondary N) is 1. The maximum Gasteiger partial charge on any atom is 0.295 e. The van der Waals surface area contributed by atoms with E-state index in [1.165, 1.54) is 0 Å². The van der Waals surface area contributed by atoms with Crippen LogP contribution in [-0.4, -0.2) is 30.3 Å². The Bertz CT molecular complexity index is 738. The van der Waals surface area contributed by atoms with Gasteiger partial charge in [0.1, 0.15) is 5.69 Å². The monoisotopic (exact) mass is 385 g/mol. The lowest BCUT2D eigenvalue weighted by Crippen LogP contribution is -1.88. The number of halogens is 2. The molecule has 3 rings (SSSR count). The van der Waals surface area contributed by atoms with Crippen LogP contribution in [-0.2, 0) is 0 Å². The molecule has 0 fully saturated rings. The van der Waals surface area contributed by atoms with Gasteiger partial charge in [0, 0.05) is 15.1 Å². The second-order valence-electron chi connectivity index (χ2n) is 3.45. The summed E-state index contributed by atoms with van der Waals surface area (Å²) in [4.78, 5) is 12.3. The van der Waals surface area contributed by atoms with Gasteiger partial charge in [0.25, 0.3) is 5.89 Å². The maximum atomic E-state index is 5.41. The molecule has 0 bridgehead atoms. The SMILES string of the molecule is Nc1n[nH]c(-c2nc(-c3ncc(Br)cc3Br)no2)n1. The maximum absolute atomic E-state index is 5.41. The molecule has 0 aromatic carbocycles. The molecule has 0 aliphatic heterocycles. The van der Waals surface area contributed by atoms with Crippen molar-refractivity contribution >= 4 is 37.8 Å². The summed E-state index contributed by atoms with van der Waals surface area (Å²) in [5, 5.41) is 10.1. The molecule has 96 valence electrons. The van der Waals surface area contributed by atoms with Crippen LogP contribution in [0.25, 0.3) is 23.2 Å². The first-order chi connectivity index (χ1) is 9.13. The summed E-state index contributed by atoms with van der Waals surface area (Å²) in [6, 6.07) is 1.84. The van der Waals surface area contributed by atoms with Gasteiger partial charge in [-0.3, -0.25) is 10.1 Å². The van der Waals surface area contributed by atoms with Crippen LogP contribution in [0.1, 0.15) is 0 Å². The molecular formula is C9H5Br2N7O. The molecular weight excluding hydrogens is 382 g/mol. The average Bonchev–Trinajstić information content (AvgIpc) is 2.97. The van der Waals surface area contributed by atoms with Crippen LogP contribution in [0.5, 0.6) is 0 Å². The Morgan fingerprint density at radius 1 is 1.26 bits per heavy atom. The summed E-state index contributed by atoms with van der Waals surface area (Å²) >= 11 is 6.70. The zero-order valence-corrected chi connectivity index (χ0v) is 12.3. The Balaban J connectivity index is 2.01. The van der Waals surface area contributed by atoms with Crippen LogP contribution < -0.4 is 5.73 Å². The largest absolute Gasteiger partial charge is 0.366 e. The number of anilines is 1. The van der Waals surface area contributed by atoms with Crippen molar-refractivity contribution in [3.8, 4) is 23.2 Å². The molecule has 0 aliphatic rings. The molecule has 19 heavy (non-hydrogen) atoms. The molecule has 0 amide bonds. The third kappa shape index (κ3) is 2.36. The number of nitrogens with zero attached hydrogens (tertiary/aromatic N) is 5. The molecule has 0 spiro atoms. The first-order valence-electron chi connectivity index (χ1n) is 4.97. The van der Waals surface area contributed by atoms with Gasteiger partial charge in [-0.2, -0.15) is 9.97 Å². The zero-order chi connectivity index (χ0) is 13.4. The van der Waals surface area contributed by atoms with Crippen LogP contribution in [0.15, 0.2) is 25.7 Å². The van der Waals surface area contributed by atoms with E-state index in [0.29, 0.717) is 17.3 Å². The van der Waals surface area contributed by atoms with Crippen molar-refractivity contribution < 1.29 is 4.52 Å². The standard InChI is InChI=1S/C9H5Br2N7O/c10-3-1-4(11)5(13-2-3)6-14-8(19-18-6)7-15-9(12)17-16-7/h1-2H,(H3,12,15,16,17). The molecule has 0 unspecified atom stereocenters. The van der Waals surface area contributed by atoms with Crippen molar-refractivity contribution in [3.63, 3.8) is 0 Å². The molecule has 0 saturated heterocycles. The van der Waals surface area contributed by atoms with Gasteiger partial charge in [-0.1, -0.05) is 5.16 Å². The minimum Gasteiger partial charge on any atom is -0.366 e. The van der Waals surface area contributed by atoms with Crippen LogP contribution in [0.2, 0.25) is 0 Å². The number of hydrogen-bond acceptors (Lipinski definition) is 7. The molecule has 10 heteroatoms. The fraction of sp³-hybridized carbons (Fsp3) is 0. The fourth-order valence-corrected chi connectivity index (χ4v) is 2.53. The van der Waals surface area contributed by atoms with Gasteiger partial charge in [-0.05, 0) is 37.9 Å². The lowest BCUT2D eigenvalue weighted by Gasteiger charge is -1.97. The van der Waals surface area contributed by atoms with E-state index in [-0.39, 0.29) is 11.8 Å². The number of nitrogen functional groups attached to an aromatic ring is 1. The van der Waals surface area contributed by atoms with Crippen LogP contribution in [0, 0.1) is 0 Å². The number of aromatic amines is 1. The molecule has 8 nitrogen and oxygen atoms in total. The van der Waals surface area contributed by atoms with Gasteiger partial charge in [0.05, 0.1) is 0 Å². The van der Waals surface area contributed by atoms with E-state index in [1.807, 2.05) is 6.07 Å². The number of rotatable bonds is 2. The van der Waals surface area contributed by atoms with Crippen LogP contribution in [0.3, 0.4) is 0 Å². The van der Waals surface area contributed by atoms with Crippen molar-refractivity contribution in [2.24, 2.45) is 0 Å². The molecule has 0 radical (unpaired) electrons. The number of aromatic nitrogens is 6. The van der Waals surface area contributed by atoms with Gasteiger partial charge in [-0.25, -0.2) is 0 Å². The summed E-state index contributed by atoms with van der Waals surface area (Å²) in [5.74, 6) is 0.947. The van der Waals surface area contributed by atoms with Crippen molar-refractivity contribution in [3.05, 3.63) is 21.2 Å². The molecule has 3 aromatic heterocycles. The molecule has 3 aromatic rings. The third-order valence-electron chi connectivity index (χ3n) is 2.15. The first-order valence-corrected chi connectivity index (χ1v) is 6.55. The van der Waals surface area contributed by atoms with Crippen molar-refractivity contribution in [1.82, 2.24) is 30.3 Å². The highest BCUT2D eigenvalue weighted by atomic mass is 79.9. The van der Waals surface area contributed by atoms with Crippen LogP contribution >= 0.6 is 31.9 Å². The van der Waals surface area contributed by atoms with Gasteiger partial charge < -0.3 is 10.3 Å². The molecule has 3 N–H and O–H groups in total. The predicted molar refractivity (Wildman–Crippen MR) is 72.7 cm³/mol. The first kappa shape index (κ1) is 12.2. The summed E-state index contributed by atoms with van der Waals surface area (Å²) in [7, 11) is 0. The Kier molecular flexibility index (Phi) is 3.03. The number of nitrogens with two attached hydrogens (primary N) is 1. The van der Waals surface area contributed by atoms with E-state index < -0.39 is 0 Å². The molecule has 0 aliphatic carbocycles. The van der Waals surface area contributed by atoms with E-state index in [2.05, 4.69) is 62.2 Å². The second-order valence-corrected chi connectivity index (χ2v) is 5.22. The van der Waals surface area contributed by atoms with Crippen molar-refractivity contribution in [2.75, 3.05) is 5.73 Å². The Hall–Kier alpha value is -1.81. The number of hydrogen-bond donors (Lipinski definition) is 2. The Labute approximate surface area is 123 Å². The minimum atomic E-state index is 0.109. The van der Waals surface area contributed by atoms with Gasteiger partial charge >= 0.3 is 0 Å². The Morgan fingerprint density at radius 2 is 2.11 bits per heavy atom.